The standard InChI is InChI=1S/C16H20N4O2S/c1-11-18-15(22-20-11)13-3-2-6-17-14(13)19-12-4-7-21-16(9-12)5-8-23-10-16/h2-3,6,12H,4-5,7-10H2,1H3,(H,17,19)/t12-,16-/m1/s1. The second-order valence-electron chi connectivity index (χ2n) is 6.21. The second kappa shape index (κ2) is 6.13. The molecule has 2 saturated heterocycles. The van der Waals surface area contributed by atoms with Crippen molar-refractivity contribution in [1.29, 1.82) is 0 Å². The van der Waals surface area contributed by atoms with E-state index in [0.717, 1.165) is 43.0 Å². The van der Waals surface area contributed by atoms with Crippen LogP contribution in [-0.2, 0) is 4.74 Å². The summed E-state index contributed by atoms with van der Waals surface area (Å²) in [5.41, 5.74) is 0.908. The molecule has 2 aromatic rings. The lowest BCUT2D eigenvalue weighted by atomic mass is 9.90. The van der Waals surface area contributed by atoms with Crippen LogP contribution in [0.1, 0.15) is 25.1 Å². The lowest BCUT2D eigenvalue weighted by Crippen LogP contribution is -2.44. The first kappa shape index (κ1) is 15.0. The molecular formula is C16H20N4O2S. The van der Waals surface area contributed by atoms with Gasteiger partial charge in [-0.2, -0.15) is 16.7 Å². The predicted molar refractivity (Wildman–Crippen MR) is 89.5 cm³/mol. The predicted octanol–water partition coefficient (Wildman–Crippen LogP) is 2.91. The van der Waals surface area contributed by atoms with Gasteiger partial charge in [-0.1, -0.05) is 5.16 Å². The van der Waals surface area contributed by atoms with E-state index >= 15 is 0 Å². The van der Waals surface area contributed by atoms with Crippen LogP contribution in [-0.4, -0.2) is 44.9 Å². The fourth-order valence-electron chi connectivity index (χ4n) is 3.31. The summed E-state index contributed by atoms with van der Waals surface area (Å²) in [6.07, 6.45) is 4.95. The van der Waals surface area contributed by atoms with Crippen LogP contribution in [0.25, 0.3) is 11.5 Å². The molecule has 1 N–H and O–H groups in total. The van der Waals surface area contributed by atoms with Crippen LogP contribution in [0, 0.1) is 6.92 Å². The molecule has 2 fully saturated rings. The number of nitrogens with one attached hydrogen (secondary N) is 1. The third kappa shape index (κ3) is 3.07. The summed E-state index contributed by atoms with van der Waals surface area (Å²) in [4.78, 5) is 8.81. The Balaban J connectivity index is 1.55. The molecule has 2 aliphatic heterocycles. The minimum atomic E-state index is 0.0522. The Morgan fingerprint density at radius 3 is 3.17 bits per heavy atom. The van der Waals surface area contributed by atoms with E-state index in [-0.39, 0.29) is 5.60 Å². The molecular weight excluding hydrogens is 312 g/mol. The van der Waals surface area contributed by atoms with E-state index in [1.165, 1.54) is 5.75 Å². The van der Waals surface area contributed by atoms with Crippen LogP contribution in [0.3, 0.4) is 0 Å². The Kier molecular flexibility index (Phi) is 3.98. The maximum atomic E-state index is 6.09. The molecule has 4 heterocycles. The van der Waals surface area contributed by atoms with Gasteiger partial charge in [0.25, 0.3) is 5.89 Å². The quantitative estimate of drug-likeness (QED) is 0.926. The molecule has 2 aromatic heterocycles. The van der Waals surface area contributed by atoms with Gasteiger partial charge in [0.1, 0.15) is 5.82 Å². The second-order valence-corrected chi connectivity index (χ2v) is 7.32. The average molecular weight is 332 g/mol. The lowest BCUT2D eigenvalue weighted by molar-refractivity contribution is -0.0628. The molecule has 2 aliphatic rings. The van der Waals surface area contributed by atoms with Crippen LogP contribution in [0.5, 0.6) is 0 Å². The zero-order valence-corrected chi connectivity index (χ0v) is 13.9. The molecule has 0 saturated carbocycles. The number of aryl methyl sites for hydroxylation is 1. The van der Waals surface area contributed by atoms with Gasteiger partial charge in [0.15, 0.2) is 5.82 Å². The zero-order valence-electron chi connectivity index (χ0n) is 13.1. The fourth-order valence-corrected chi connectivity index (χ4v) is 4.69. The molecule has 2 atom stereocenters. The first-order valence-corrected chi connectivity index (χ1v) is 9.14. The van der Waals surface area contributed by atoms with Gasteiger partial charge >= 0.3 is 0 Å². The third-order valence-corrected chi connectivity index (χ3v) is 5.69. The highest BCUT2D eigenvalue weighted by Gasteiger charge is 2.40. The number of ether oxygens (including phenoxy) is 1. The Labute approximate surface area is 139 Å². The molecule has 122 valence electrons. The highest BCUT2D eigenvalue weighted by molar-refractivity contribution is 7.99. The number of nitrogens with zero attached hydrogens (tertiary/aromatic N) is 3. The topological polar surface area (TPSA) is 73.1 Å². The SMILES string of the molecule is Cc1noc(-c2cccnc2N[C@@H]2CCO[C@]3(CCSC3)C2)n1. The minimum absolute atomic E-state index is 0.0522. The average Bonchev–Trinajstić information content (AvgIpc) is 3.18. The van der Waals surface area contributed by atoms with Crippen molar-refractivity contribution in [1.82, 2.24) is 15.1 Å². The van der Waals surface area contributed by atoms with Gasteiger partial charge in [0.2, 0.25) is 0 Å². The van der Waals surface area contributed by atoms with Crippen molar-refractivity contribution in [3.8, 4) is 11.5 Å². The molecule has 0 amide bonds. The van der Waals surface area contributed by atoms with E-state index in [0.29, 0.717) is 17.8 Å². The normalized spacial score (nSPS) is 27.4. The third-order valence-electron chi connectivity index (χ3n) is 4.47. The maximum Gasteiger partial charge on any atom is 0.261 e. The number of thioether (sulfide) groups is 1. The zero-order chi connectivity index (χ0) is 15.7. The smallest absolute Gasteiger partial charge is 0.261 e. The van der Waals surface area contributed by atoms with Crippen LogP contribution >= 0.6 is 11.8 Å². The minimum Gasteiger partial charge on any atom is -0.374 e. The summed E-state index contributed by atoms with van der Waals surface area (Å²) in [6.45, 7) is 2.62. The van der Waals surface area contributed by atoms with Crippen molar-refractivity contribution in [2.75, 3.05) is 23.4 Å². The number of hydrogen-bond donors (Lipinski definition) is 1. The van der Waals surface area contributed by atoms with E-state index in [4.69, 9.17) is 9.26 Å². The first-order valence-electron chi connectivity index (χ1n) is 7.98. The summed E-state index contributed by atoms with van der Waals surface area (Å²) < 4.78 is 11.4. The maximum absolute atomic E-state index is 6.09. The molecule has 0 aliphatic carbocycles. The van der Waals surface area contributed by atoms with Gasteiger partial charge in [0, 0.05) is 24.6 Å². The Hall–Kier alpha value is -1.60. The van der Waals surface area contributed by atoms with Crippen molar-refractivity contribution < 1.29 is 9.26 Å². The van der Waals surface area contributed by atoms with Gasteiger partial charge in [0.05, 0.1) is 11.2 Å². The molecule has 7 heteroatoms. The highest BCUT2D eigenvalue weighted by atomic mass is 32.2. The van der Waals surface area contributed by atoms with Gasteiger partial charge in [-0.15, -0.1) is 0 Å². The van der Waals surface area contributed by atoms with E-state index in [1.54, 1.807) is 6.20 Å². The van der Waals surface area contributed by atoms with Gasteiger partial charge in [-0.25, -0.2) is 4.98 Å². The molecule has 0 unspecified atom stereocenters. The Morgan fingerprint density at radius 1 is 1.43 bits per heavy atom. The largest absolute Gasteiger partial charge is 0.374 e. The van der Waals surface area contributed by atoms with Crippen LogP contribution < -0.4 is 5.32 Å². The summed E-state index contributed by atoms with van der Waals surface area (Å²) in [7, 11) is 0. The van der Waals surface area contributed by atoms with Crippen LogP contribution in [0.2, 0.25) is 0 Å². The Morgan fingerprint density at radius 2 is 2.39 bits per heavy atom. The van der Waals surface area contributed by atoms with Crippen molar-refractivity contribution in [3.05, 3.63) is 24.2 Å². The molecule has 23 heavy (non-hydrogen) atoms. The molecule has 0 aromatic carbocycles. The summed E-state index contributed by atoms with van der Waals surface area (Å²) in [5.74, 6) is 4.24. The van der Waals surface area contributed by atoms with Crippen molar-refractivity contribution in [2.24, 2.45) is 0 Å². The van der Waals surface area contributed by atoms with Crippen LogP contribution in [0.15, 0.2) is 22.9 Å². The van der Waals surface area contributed by atoms with E-state index in [2.05, 4.69) is 20.4 Å². The number of pyridine rings is 1. The lowest BCUT2D eigenvalue weighted by Gasteiger charge is -2.38. The van der Waals surface area contributed by atoms with Crippen LogP contribution in [0.4, 0.5) is 5.82 Å². The van der Waals surface area contributed by atoms with E-state index < -0.39 is 0 Å². The number of aromatic nitrogens is 3. The Bertz CT molecular complexity index is 684. The molecule has 0 bridgehead atoms. The number of hydrogen-bond acceptors (Lipinski definition) is 7. The van der Waals surface area contributed by atoms with Crippen molar-refractivity contribution in [3.63, 3.8) is 0 Å². The molecule has 6 nitrogen and oxygen atoms in total. The molecule has 1 spiro atoms. The van der Waals surface area contributed by atoms with E-state index in [9.17, 15) is 0 Å². The van der Waals surface area contributed by atoms with Crippen molar-refractivity contribution in [2.45, 2.75) is 37.8 Å². The van der Waals surface area contributed by atoms with Gasteiger partial charge in [-0.05, 0) is 44.1 Å². The van der Waals surface area contributed by atoms with E-state index in [1.807, 2.05) is 30.8 Å². The monoisotopic (exact) mass is 332 g/mol. The summed E-state index contributed by atoms with van der Waals surface area (Å²) >= 11 is 1.99. The highest BCUT2D eigenvalue weighted by Crippen LogP contribution is 2.39. The molecule has 0 radical (unpaired) electrons. The first-order chi connectivity index (χ1) is 11.2. The fraction of sp³-hybridized carbons (Fsp3) is 0.562. The molecule has 4 rings (SSSR count). The number of anilines is 1. The van der Waals surface area contributed by atoms with Gasteiger partial charge in [-0.3, -0.25) is 0 Å². The summed E-state index contributed by atoms with van der Waals surface area (Å²) in [5, 5.41) is 7.45. The van der Waals surface area contributed by atoms with Gasteiger partial charge < -0.3 is 14.6 Å². The van der Waals surface area contributed by atoms with Crippen molar-refractivity contribution >= 4 is 17.6 Å². The number of rotatable bonds is 3. The summed E-state index contributed by atoms with van der Waals surface area (Å²) in [6, 6.07) is 4.21.